The zero-order chi connectivity index (χ0) is 17.0. The molecule has 1 aromatic heterocycles. The van der Waals surface area contributed by atoms with Crippen LogP contribution in [0.3, 0.4) is 0 Å². The first-order valence-corrected chi connectivity index (χ1v) is 7.77. The van der Waals surface area contributed by atoms with Crippen LogP contribution in [-0.4, -0.2) is 21.0 Å². The molecule has 0 aliphatic carbocycles. The summed E-state index contributed by atoms with van der Waals surface area (Å²) in [6.07, 6.45) is 0.928. The highest BCUT2D eigenvalue weighted by molar-refractivity contribution is 5.33. The molecule has 2 unspecified atom stereocenters. The Labute approximate surface area is 136 Å². The van der Waals surface area contributed by atoms with E-state index in [9.17, 15) is 4.39 Å². The molecule has 2 aromatic rings. The highest BCUT2D eigenvalue weighted by atomic mass is 19.1. The third-order valence-corrected chi connectivity index (χ3v) is 3.80. The van der Waals surface area contributed by atoms with Gasteiger partial charge in [-0.25, -0.2) is 4.39 Å². The molecule has 6 heteroatoms. The van der Waals surface area contributed by atoms with Crippen LogP contribution in [0.15, 0.2) is 30.3 Å². The fourth-order valence-electron chi connectivity index (χ4n) is 2.23. The fourth-order valence-corrected chi connectivity index (χ4v) is 2.23. The van der Waals surface area contributed by atoms with Crippen LogP contribution in [-0.2, 0) is 12.1 Å². The van der Waals surface area contributed by atoms with E-state index in [-0.39, 0.29) is 17.8 Å². The van der Waals surface area contributed by atoms with Crippen LogP contribution in [0.5, 0.6) is 0 Å². The van der Waals surface area contributed by atoms with Crippen molar-refractivity contribution in [3.05, 3.63) is 41.7 Å². The minimum absolute atomic E-state index is 0.0196. The SMILES string of the molecule is CC(Cc1ccccc1)C(C)Nc1nc(N)nc(C(C)(C)F)n1. The quantitative estimate of drug-likeness (QED) is 0.854. The summed E-state index contributed by atoms with van der Waals surface area (Å²) < 4.78 is 14.0. The van der Waals surface area contributed by atoms with E-state index in [0.29, 0.717) is 11.9 Å². The lowest BCUT2D eigenvalue weighted by molar-refractivity contribution is 0.206. The molecule has 0 bridgehead atoms. The van der Waals surface area contributed by atoms with Gasteiger partial charge in [-0.05, 0) is 38.7 Å². The van der Waals surface area contributed by atoms with Gasteiger partial charge in [-0.2, -0.15) is 15.0 Å². The molecule has 23 heavy (non-hydrogen) atoms. The molecular weight excluding hydrogens is 293 g/mol. The van der Waals surface area contributed by atoms with Crippen molar-refractivity contribution < 1.29 is 4.39 Å². The first-order chi connectivity index (χ1) is 10.8. The predicted octanol–water partition coefficient (Wildman–Crippen LogP) is 3.34. The molecule has 0 amide bonds. The van der Waals surface area contributed by atoms with Crippen molar-refractivity contribution in [2.45, 2.75) is 45.8 Å². The van der Waals surface area contributed by atoms with Crippen molar-refractivity contribution >= 4 is 11.9 Å². The van der Waals surface area contributed by atoms with Crippen LogP contribution in [0.2, 0.25) is 0 Å². The Hall–Kier alpha value is -2.24. The first kappa shape index (κ1) is 17.1. The molecule has 0 fully saturated rings. The van der Waals surface area contributed by atoms with Crippen LogP contribution in [0.4, 0.5) is 16.3 Å². The van der Waals surface area contributed by atoms with Crippen LogP contribution < -0.4 is 11.1 Å². The molecule has 0 radical (unpaired) electrons. The average molecular weight is 317 g/mol. The summed E-state index contributed by atoms with van der Waals surface area (Å²) in [7, 11) is 0. The van der Waals surface area contributed by atoms with Gasteiger partial charge in [0.05, 0.1) is 0 Å². The number of rotatable bonds is 6. The molecule has 0 spiro atoms. The summed E-state index contributed by atoms with van der Waals surface area (Å²) in [5.74, 6) is 0.712. The molecule has 5 nitrogen and oxygen atoms in total. The number of halogens is 1. The van der Waals surface area contributed by atoms with Crippen LogP contribution in [0.25, 0.3) is 0 Å². The third-order valence-electron chi connectivity index (χ3n) is 3.80. The van der Waals surface area contributed by atoms with Crippen molar-refractivity contribution in [2.75, 3.05) is 11.1 Å². The Morgan fingerprint density at radius 2 is 1.78 bits per heavy atom. The molecule has 1 heterocycles. The minimum Gasteiger partial charge on any atom is -0.368 e. The van der Waals surface area contributed by atoms with Gasteiger partial charge >= 0.3 is 0 Å². The van der Waals surface area contributed by atoms with Crippen molar-refractivity contribution in [3.63, 3.8) is 0 Å². The number of nitrogens with one attached hydrogen (secondary N) is 1. The molecular formula is C17H24FN5. The number of hydrogen-bond donors (Lipinski definition) is 2. The maximum atomic E-state index is 14.0. The molecule has 1 aromatic carbocycles. The monoisotopic (exact) mass is 317 g/mol. The number of alkyl halides is 1. The van der Waals surface area contributed by atoms with E-state index in [2.05, 4.69) is 39.3 Å². The van der Waals surface area contributed by atoms with Gasteiger partial charge in [0.2, 0.25) is 11.9 Å². The number of nitrogens with zero attached hydrogens (tertiary/aromatic N) is 3. The fraction of sp³-hybridized carbons (Fsp3) is 0.471. The highest BCUT2D eigenvalue weighted by Gasteiger charge is 2.25. The third kappa shape index (κ3) is 4.87. The lowest BCUT2D eigenvalue weighted by atomic mass is 9.95. The molecule has 0 saturated carbocycles. The van der Waals surface area contributed by atoms with Gasteiger partial charge < -0.3 is 11.1 Å². The number of nitrogen functional groups attached to an aromatic ring is 1. The molecule has 2 atom stereocenters. The average Bonchev–Trinajstić information content (AvgIpc) is 2.46. The number of aromatic nitrogens is 3. The van der Waals surface area contributed by atoms with Gasteiger partial charge in [-0.1, -0.05) is 37.3 Å². The van der Waals surface area contributed by atoms with E-state index < -0.39 is 5.67 Å². The standard InChI is InChI=1S/C17H24FN5/c1-11(10-13-8-6-5-7-9-13)12(2)20-16-22-14(17(3,4)18)21-15(19)23-16/h5-9,11-12H,10H2,1-4H3,(H3,19,20,21,22,23). The van der Waals surface area contributed by atoms with Crippen LogP contribution in [0.1, 0.15) is 39.1 Å². The minimum atomic E-state index is -1.66. The van der Waals surface area contributed by atoms with Gasteiger partial charge in [-0.15, -0.1) is 0 Å². The van der Waals surface area contributed by atoms with Gasteiger partial charge in [-0.3, -0.25) is 0 Å². The summed E-state index contributed by atoms with van der Waals surface area (Å²) in [4.78, 5) is 12.1. The van der Waals surface area contributed by atoms with E-state index in [4.69, 9.17) is 5.73 Å². The lowest BCUT2D eigenvalue weighted by Gasteiger charge is -2.22. The zero-order valence-electron chi connectivity index (χ0n) is 14.0. The number of benzene rings is 1. The van der Waals surface area contributed by atoms with Crippen molar-refractivity contribution in [2.24, 2.45) is 5.92 Å². The molecule has 0 saturated heterocycles. The molecule has 3 N–H and O–H groups in total. The van der Waals surface area contributed by atoms with Gasteiger partial charge in [0.1, 0.15) is 0 Å². The highest BCUT2D eigenvalue weighted by Crippen LogP contribution is 2.22. The summed E-state index contributed by atoms with van der Waals surface area (Å²) in [5.41, 5.74) is 5.27. The molecule has 2 rings (SSSR count). The van der Waals surface area contributed by atoms with Crippen LogP contribution in [0, 0.1) is 5.92 Å². The Morgan fingerprint density at radius 3 is 2.39 bits per heavy atom. The second-order valence-electron chi connectivity index (χ2n) is 6.41. The second kappa shape index (κ2) is 6.89. The molecule has 124 valence electrons. The Balaban J connectivity index is 2.07. The van der Waals surface area contributed by atoms with E-state index in [0.717, 1.165) is 6.42 Å². The van der Waals surface area contributed by atoms with Crippen molar-refractivity contribution in [1.29, 1.82) is 0 Å². The van der Waals surface area contributed by atoms with E-state index in [1.807, 2.05) is 25.1 Å². The lowest BCUT2D eigenvalue weighted by Crippen LogP contribution is -2.28. The number of anilines is 2. The number of hydrogen-bond acceptors (Lipinski definition) is 5. The molecule has 0 aliphatic rings. The second-order valence-corrected chi connectivity index (χ2v) is 6.41. The Morgan fingerprint density at radius 1 is 1.13 bits per heavy atom. The van der Waals surface area contributed by atoms with E-state index in [1.165, 1.54) is 19.4 Å². The zero-order valence-corrected chi connectivity index (χ0v) is 14.0. The van der Waals surface area contributed by atoms with Crippen LogP contribution >= 0.6 is 0 Å². The predicted molar refractivity (Wildman–Crippen MR) is 90.8 cm³/mol. The van der Waals surface area contributed by atoms with Gasteiger partial charge in [0.25, 0.3) is 0 Å². The van der Waals surface area contributed by atoms with Crippen molar-refractivity contribution in [3.8, 4) is 0 Å². The number of nitrogens with two attached hydrogens (primary N) is 1. The Bertz CT molecular complexity index is 639. The first-order valence-electron chi connectivity index (χ1n) is 7.77. The van der Waals surface area contributed by atoms with E-state index >= 15 is 0 Å². The van der Waals surface area contributed by atoms with Crippen molar-refractivity contribution in [1.82, 2.24) is 15.0 Å². The normalized spacial score (nSPS) is 14.3. The largest absolute Gasteiger partial charge is 0.368 e. The van der Waals surface area contributed by atoms with Gasteiger partial charge in [0.15, 0.2) is 11.5 Å². The maximum Gasteiger partial charge on any atom is 0.228 e. The Kier molecular flexibility index (Phi) is 5.13. The topological polar surface area (TPSA) is 76.7 Å². The van der Waals surface area contributed by atoms with E-state index in [1.54, 1.807) is 0 Å². The summed E-state index contributed by atoms with van der Waals surface area (Å²) in [6.45, 7) is 6.99. The summed E-state index contributed by atoms with van der Waals surface area (Å²) in [6, 6.07) is 10.4. The smallest absolute Gasteiger partial charge is 0.228 e. The molecule has 0 aliphatic heterocycles. The summed E-state index contributed by atoms with van der Waals surface area (Å²) >= 11 is 0. The summed E-state index contributed by atoms with van der Waals surface area (Å²) in [5, 5.41) is 3.21. The van der Waals surface area contributed by atoms with Gasteiger partial charge in [0, 0.05) is 6.04 Å². The maximum absolute atomic E-state index is 14.0.